The SMILES string of the molecule is C=C(C=NC)/C=C(/O)C(=C)O. The van der Waals surface area contributed by atoms with Gasteiger partial charge in [0.25, 0.3) is 0 Å². The highest BCUT2D eigenvalue weighted by atomic mass is 16.3. The molecule has 0 atom stereocenters. The van der Waals surface area contributed by atoms with Crippen molar-refractivity contribution in [3.05, 3.63) is 36.3 Å². The Morgan fingerprint density at radius 2 is 1.91 bits per heavy atom. The van der Waals surface area contributed by atoms with Crippen LogP contribution in [-0.4, -0.2) is 23.5 Å². The minimum Gasteiger partial charge on any atom is -0.505 e. The van der Waals surface area contributed by atoms with E-state index in [1.165, 1.54) is 12.3 Å². The molecule has 0 aliphatic heterocycles. The van der Waals surface area contributed by atoms with E-state index < -0.39 is 0 Å². The van der Waals surface area contributed by atoms with E-state index in [4.69, 9.17) is 10.2 Å². The smallest absolute Gasteiger partial charge is 0.157 e. The van der Waals surface area contributed by atoms with E-state index in [9.17, 15) is 0 Å². The second kappa shape index (κ2) is 4.33. The molecule has 60 valence electrons. The van der Waals surface area contributed by atoms with E-state index >= 15 is 0 Å². The summed E-state index contributed by atoms with van der Waals surface area (Å²) in [5, 5.41) is 17.6. The van der Waals surface area contributed by atoms with E-state index in [2.05, 4.69) is 18.2 Å². The van der Waals surface area contributed by atoms with Gasteiger partial charge in [0.2, 0.25) is 0 Å². The standard InChI is InChI=1S/C8H11NO2/c1-6(5-9-3)4-8(11)7(2)10/h4-5,10-11H,1-2H2,3H3/b8-4+,9-5?. The predicted molar refractivity (Wildman–Crippen MR) is 46.0 cm³/mol. The Kier molecular flexibility index (Phi) is 3.73. The highest BCUT2D eigenvalue weighted by Crippen LogP contribution is 2.01. The molecule has 0 heterocycles. The molecular formula is C8H11NO2. The first-order valence-electron chi connectivity index (χ1n) is 2.98. The lowest BCUT2D eigenvalue weighted by atomic mass is 10.2. The Bertz CT molecular complexity index is 226. The van der Waals surface area contributed by atoms with Crippen molar-refractivity contribution < 1.29 is 10.2 Å². The third kappa shape index (κ3) is 3.97. The predicted octanol–water partition coefficient (Wildman–Crippen LogP) is 1.76. The second-order valence-corrected chi connectivity index (χ2v) is 1.94. The minimum absolute atomic E-state index is 0.296. The summed E-state index contributed by atoms with van der Waals surface area (Å²) in [6, 6.07) is 0. The van der Waals surface area contributed by atoms with E-state index in [1.807, 2.05) is 0 Å². The Balaban J connectivity index is 4.31. The summed E-state index contributed by atoms with van der Waals surface area (Å²) in [4.78, 5) is 3.66. The molecule has 0 saturated carbocycles. The molecule has 0 aromatic heterocycles. The van der Waals surface area contributed by atoms with Crippen molar-refractivity contribution in [2.45, 2.75) is 0 Å². The van der Waals surface area contributed by atoms with Crippen LogP contribution in [0.4, 0.5) is 0 Å². The van der Waals surface area contributed by atoms with Gasteiger partial charge in [0.1, 0.15) is 5.76 Å². The van der Waals surface area contributed by atoms with E-state index in [-0.39, 0.29) is 11.5 Å². The molecule has 0 radical (unpaired) electrons. The number of aliphatic hydroxyl groups is 2. The van der Waals surface area contributed by atoms with Crippen molar-refractivity contribution in [2.24, 2.45) is 4.99 Å². The summed E-state index contributed by atoms with van der Waals surface area (Å²) < 4.78 is 0. The average molecular weight is 153 g/mol. The van der Waals surface area contributed by atoms with Gasteiger partial charge in [-0.05, 0) is 11.6 Å². The van der Waals surface area contributed by atoms with Crippen LogP contribution in [0.15, 0.2) is 41.3 Å². The Morgan fingerprint density at radius 1 is 1.36 bits per heavy atom. The van der Waals surface area contributed by atoms with Gasteiger partial charge in [0.05, 0.1) is 0 Å². The zero-order valence-corrected chi connectivity index (χ0v) is 6.41. The lowest BCUT2D eigenvalue weighted by Crippen LogP contribution is -1.86. The maximum atomic E-state index is 8.91. The van der Waals surface area contributed by atoms with E-state index in [0.717, 1.165) is 0 Å². The fourth-order valence-corrected chi connectivity index (χ4v) is 0.462. The molecule has 2 N–H and O–H groups in total. The third-order valence-electron chi connectivity index (χ3n) is 0.913. The van der Waals surface area contributed by atoms with Crippen LogP contribution in [0.2, 0.25) is 0 Å². The van der Waals surface area contributed by atoms with Gasteiger partial charge in [-0.3, -0.25) is 4.99 Å². The number of hydrogen-bond donors (Lipinski definition) is 2. The minimum atomic E-state index is -0.379. The van der Waals surface area contributed by atoms with Gasteiger partial charge in [0.15, 0.2) is 5.76 Å². The van der Waals surface area contributed by atoms with Crippen LogP contribution >= 0.6 is 0 Å². The Labute approximate surface area is 65.7 Å². The molecule has 0 amide bonds. The third-order valence-corrected chi connectivity index (χ3v) is 0.913. The Hall–Kier alpha value is -1.51. The number of rotatable bonds is 3. The summed E-state index contributed by atoms with van der Waals surface area (Å²) in [5.41, 5.74) is 0.500. The van der Waals surface area contributed by atoms with Crippen LogP contribution in [0.3, 0.4) is 0 Å². The number of nitrogens with zero attached hydrogens (tertiary/aromatic N) is 1. The molecular weight excluding hydrogens is 142 g/mol. The van der Waals surface area contributed by atoms with Crippen molar-refractivity contribution in [3.8, 4) is 0 Å². The summed E-state index contributed by atoms with van der Waals surface area (Å²) in [7, 11) is 1.59. The van der Waals surface area contributed by atoms with Crippen molar-refractivity contribution in [1.82, 2.24) is 0 Å². The first-order valence-corrected chi connectivity index (χ1v) is 2.98. The normalized spacial score (nSPS) is 11.9. The second-order valence-electron chi connectivity index (χ2n) is 1.94. The van der Waals surface area contributed by atoms with Crippen molar-refractivity contribution in [3.63, 3.8) is 0 Å². The number of aliphatic hydroxyl groups excluding tert-OH is 2. The average Bonchev–Trinajstić information content (AvgIpc) is 1.87. The van der Waals surface area contributed by atoms with Gasteiger partial charge >= 0.3 is 0 Å². The van der Waals surface area contributed by atoms with Crippen molar-refractivity contribution in [1.29, 1.82) is 0 Å². The quantitative estimate of drug-likeness (QED) is 0.368. The molecule has 0 fully saturated rings. The van der Waals surface area contributed by atoms with Gasteiger partial charge < -0.3 is 10.2 Å². The number of aliphatic imine (C=N–C) groups is 1. The molecule has 0 aliphatic rings. The highest BCUT2D eigenvalue weighted by molar-refractivity contribution is 5.81. The van der Waals surface area contributed by atoms with Crippen LogP contribution in [0, 0.1) is 0 Å². The summed E-state index contributed by atoms with van der Waals surface area (Å²) >= 11 is 0. The van der Waals surface area contributed by atoms with Crippen LogP contribution in [-0.2, 0) is 0 Å². The highest BCUT2D eigenvalue weighted by Gasteiger charge is 1.94. The van der Waals surface area contributed by atoms with Gasteiger partial charge in [-0.2, -0.15) is 0 Å². The number of allylic oxidation sites excluding steroid dienone is 2. The van der Waals surface area contributed by atoms with Crippen molar-refractivity contribution >= 4 is 6.21 Å². The lowest BCUT2D eigenvalue weighted by Gasteiger charge is -1.94. The molecule has 0 aromatic rings. The largest absolute Gasteiger partial charge is 0.505 e. The summed E-state index contributed by atoms with van der Waals surface area (Å²) in [6.45, 7) is 6.65. The fourth-order valence-electron chi connectivity index (χ4n) is 0.462. The van der Waals surface area contributed by atoms with Crippen LogP contribution in [0.25, 0.3) is 0 Å². The van der Waals surface area contributed by atoms with E-state index in [0.29, 0.717) is 5.57 Å². The molecule has 0 saturated heterocycles. The number of hydrogen-bond acceptors (Lipinski definition) is 3. The van der Waals surface area contributed by atoms with Crippen LogP contribution in [0.5, 0.6) is 0 Å². The van der Waals surface area contributed by atoms with Crippen LogP contribution < -0.4 is 0 Å². The molecule has 3 nitrogen and oxygen atoms in total. The monoisotopic (exact) mass is 153 g/mol. The van der Waals surface area contributed by atoms with Gasteiger partial charge in [-0.15, -0.1) is 0 Å². The molecule has 0 bridgehead atoms. The zero-order chi connectivity index (χ0) is 8.85. The Morgan fingerprint density at radius 3 is 2.27 bits per heavy atom. The first kappa shape index (κ1) is 9.49. The topological polar surface area (TPSA) is 52.8 Å². The van der Waals surface area contributed by atoms with Crippen molar-refractivity contribution in [2.75, 3.05) is 7.05 Å². The molecule has 3 heteroatoms. The van der Waals surface area contributed by atoms with E-state index in [1.54, 1.807) is 7.05 Å². The van der Waals surface area contributed by atoms with Gasteiger partial charge in [-0.1, -0.05) is 13.2 Å². The molecule has 0 rings (SSSR count). The molecule has 0 aromatic carbocycles. The van der Waals surface area contributed by atoms with Gasteiger partial charge in [0, 0.05) is 13.3 Å². The molecule has 0 spiro atoms. The maximum Gasteiger partial charge on any atom is 0.157 e. The summed E-state index contributed by atoms with van der Waals surface area (Å²) in [5.74, 6) is -0.675. The lowest BCUT2D eigenvalue weighted by molar-refractivity contribution is 0.328. The summed E-state index contributed by atoms with van der Waals surface area (Å²) in [6.07, 6.45) is 2.73. The molecule has 11 heavy (non-hydrogen) atoms. The zero-order valence-electron chi connectivity index (χ0n) is 6.41. The van der Waals surface area contributed by atoms with Crippen LogP contribution in [0.1, 0.15) is 0 Å². The molecule has 0 aliphatic carbocycles. The fraction of sp³-hybridized carbons (Fsp3) is 0.125. The maximum absolute atomic E-state index is 8.91. The molecule has 0 unspecified atom stereocenters. The first-order chi connectivity index (χ1) is 5.07. The van der Waals surface area contributed by atoms with Gasteiger partial charge in [-0.25, -0.2) is 0 Å².